The highest BCUT2D eigenvalue weighted by Crippen LogP contribution is 2.38. The number of aromatic nitrogens is 5. The average Bonchev–Trinajstić information content (AvgIpc) is 3.68. The normalized spacial score (nSPS) is 14.1. The second-order valence-electron chi connectivity index (χ2n) is 15.2. The lowest BCUT2D eigenvalue weighted by atomic mass is 10.0. The van der Waals surface area contributed by atoms with Crippen LogP contribution in [0.3, 0.4) is 0 Å². The molecule has 4 aliphatic rings. The Balaban J connectivity index is 0.000000160. The Hall–Kier alpha value is -8.67. The Morgan fingerprint density at radius 2 is 1.01 bits per heavy atom. The predicted molar refractivity (Wildman–Crippen MR) is 254 cm³/mol. The van der Waals surface area contributed by atoms with E-state index in [0.717, 1.165) is 57.5 Å². The van der Waals surface area contributed by atoms with Crippen LogP contribution in [0.5, 0.6) is 0 Å². The summed E-state index contributed by atoms with van der Waals surface area (Å²) in [5.74, 6) is -4.13. The highest BCUT2D eigenvalue weighted by molar-refractivity contribution is 6.25. The molecular weight excluding hydrogens is 873 g/mol. The molecule has 0 amide bonds. The van der Waals surface area contributed by atoms with E-state index in [4.69, 9.17) is 25.5 Å². The third-order valence-corrected chi connectivity index (χ3v) is 10.3. The molecule has 68 heavy (non-hydrogen) atoms. The molecule has 3 aliphatic heterocycles. The molecule has 0 aromatic carbocycles. The smallest absolute Gasteiger partial charge is 0.337 e. The number of carbonyl (C=O) groups is 5. The third-order valence-electron chi connectivity index (χ3n) is 10.3. The molecule has 5 aromatic rings. The van der Waals surface area contributed by atoms with Crippen LogP contribution in [-0.4, -0.2) is 117 Å². The van der Waals surface area contributed by atoms with Gasteiger partial charge in [0.15, 0.2) is 0 Å². The van der Waals surface area contributed by atoms with Crippen LogP contribution in [0.15, 0.2) is 130 Å². The van der Waals surface area contributed by atoms with Crippen LogP contribution in [0, 0.1) is 0 Å². The summed E-state index contributed by atoms with van der Waals surface area (Å²) in [6.07, 6.45) is 15.9. The van der Waals surface area contributed by atoms with Crippen molar-refractivity contribution in [3.8, 4) is 0 Å². The molecule has 18 nitrogen and oxygen atoms in total. The van der Waals surface area contributed by atoms with Crippen LogP contribution < -0.4 is 0 Å². The molecule has 5 aromatic heterocycles. The molecular formula is C50H48N8O10. The average molecular weight is 921 g/mol. The quantitative estimate of drug-likeness (QED) is 0.0893. The minimum Gasteiger partial charge on any atom is -0.478 e. The number of nitrogens with zero attached hydrogens (tertiary/aromatic N) is 8. The number of carboxylic acid groups (broad SMARTS) is 5. The van der Waals surface area contributed by atoms with Crippen molar-refractivity contribution in [3.05, 3.63) is 172 Å². The highest BCUT2D eigenvalue weighted by atomic mass is 16.4. The van der Waals surface area contributed by atoms with Gasteiger partial charge in [-0.05, 0) is 112 Å². The fourth-order valence-electron chi connectivity index (χ4n) is 6.37. The number of aromatic carboxylic acids is 5. The molecule has 1 fully saturated rings. The summed E-state index contributed by atoms with van der Waals surface area (Å²) in [5.41, 5.74) is 11.2. The minimum atomic E-state index is -0.965. The molecule has 348 valence electrons. The molecule has 9 rings (SSSR count). The van der Waals surface area contributed by atoms with E-state index in [1.807, 2.05) is 45.9 Å². The number of pyridine rings is 5. The van der Waals surface area contributed by atoms with Gasteiger partial charge in [-0.3, -0.25) is 39.9 Å². The van der Waals surface area contributed by atoms with Crippen molar-refractivity contribution in [2.24, 2.45) is 15.0 Å². The fraction of sp³-hybridized carbons (Fsp3) is 0.220. The van der Waals surface area contributed by atoms with E-state index in [2.05, 4.69) is 39.9 Å². The molecule has 1 saturated carbocycles. The number of hydrogen-bond donors (Lipinski definition) is 5. The van der Waals surface area contributed by atoms with Crippen LogP contribution in [0.25, 0.3) is 11.1 Å². The zero-order chi connectivity index (χ0) is 49.3. The van der Waals surface area contributed by atoms with Gasteiger partial charge in [-0.15, -0.1) is 0 Å². The van der Waals surface area contributed by atoms with Crippen LogP contribution >= 0.6 is 0 Å². The highest BCUT2D eigenvalue weighted by Gasteiger charge is 2.25. The van der Waals surface area contributed by atoms with Crippen molar-refractivity contribution in [3.63, 3.8) is 0 Å². The Bertz CT molecular complexity index is 2830. The molecule has 0 radical (unpaired) electrons. The van der Waals surface area contributed by atoms with Crippen LogP contribution in [0.1, 0.15) is 127 Å². The topological polar surface area (TPSA) is 288 Å². The van der Waals surface area contributed by atoms with Gasteiger partial charge in [0.05, 0.1) is 70.2 Å². The minimum absolute atomic E-state index is 0.191. The maximum absolute atomic E-state index is 10.7. The monoisotopic (exact) mass is 920 g/mol. The van der Waals surface area contributed by atoms with Crippen LogP contribution in [0.4, 0.5) is 0 Å². The van der Waals surface area contributed by atoms with Crippen molar-refractivity contribution in [1.29, 1.82) is 0 Å². The number of rotatable bonds is 10. The molecule has 0 saturated heterocycles. The van der Waals surface area contributed by atoms with Gasteiger partial charge in [-0.2, -0.15) is 0 Å². The Labute approximate surface area is 390 Å². The van der Waals surface area contributed by atoms with E-state index in [9.17, 15) is 24.0 Å². The first-order valence-corrected chi connectivity index (χ1v) is 21.2. The first-order chi connectivity index (χ1) is 32.6. The van der Waals surface area contributed by atoms with E-state index in [1.165, 1.54) is 55.5 Å². The van der Waals surface area contributed by atoms with Gasteiger partial charge < -0.3 is 25.5 Å². The molecule has 0 spiro atoms. The van der Waals surface area contributed by atoms with Crippen LogP contribution in [0.2, 0.25) is 0 Å². The van der Waals surface area contributed by atoms with Gasteiger partial charge in [0.25, 0.3) is 0 Å². The van der Waals surface area contributed by atoms with Gasteiger partial charge in [0, 0.05) is 70.9 Å². The number of carboxylic acids is 5. The van der Waals surface area contributed by atoms with Crippen molar-refractivity contribution in [2.75, 3.05) is 19.6 Å². The van der Waals surface area contributed by atoms with E-state index >= 15 is 0 Å². The lowest BCUT2D eigenvalue weighted by molar-refractivity contribution is 0.0685. The summed E-state index contributed by atoms with van der Waals surface area (Å²) in [4.78, 5) is 85.7. The zero-order valence-corrected chi connectivity index (χ0v) is 37.6. The van der Waals surface area contributed by atoms with E-state index < -0.39 is 29.8 Å². The summed E-state index contributed by atoms with van der Waals surface area (Å²) >= 11 is 0. The summed E-state index contributed by atoms with van der Waals surface area (Å²) < 4.78 is 0. The Kier molecular flexibility index (Phi) is 17.8. The lowest BCUT2D eigenvalue weighted by Crippen LogP contribution is -2.02. The molecule has 0 bridgehead atoms. The van der Waals surface area contributed by atoms with Gasteiger partial charge in [0.2, 0.25) is 0 Å². The van der Waals surface area contributed by atoms with Crippen molar-refractivity contribution in [2.45, 2.75) is 52.9 Å². The summed E-state index contributed by atoms with van der Waals surface area (Å²) in [5, 5.41) is 43.2. The molecule has 0 atom stereocenters. The Morgan fingerprint density at radius 3 is 1.37 bits per heavy atom. The second kappa shape index (κ2) is 24.0. The number of aryl methyl sites for hydroxylation is 1. The van der Waals surface area contributed by atoms with Crippen molar-refractivity contribution < 1.29 is 49.5 Å². The molecule has 1 aliphatic carbocycles. The largest absolute Gasteiger partial charge is 0.478 e. The fourth-order valence-corrected chi connectivity index (χ4v) is 6.37. The maximum Gasteiger partial charge on any atom is 0.337 e. The molecule has 0 unspecified atom stereocenters. The van der Waals surface area contributed by atoms with Gasteiger partial charge in [-0.1, -0.05) is 19.1 Å². The second-order valence-corrected chi connectivity index (χ2v) is 15.2. The standard InChI is InChI=1S/C12H12N2O2.C11H10N2O2.C10H8N2O2.C9H9NO2.C8H9NO2/c1-7-5-13-8(2)11(7)10-4-3-9(6-14-10)12(15)16;1-7-9(4-5-12-7)10-3-2-8(6-13-10)11(14)15;13-10(14)7-3-4-9(12-6-7)8-2-1-5-11-8;11-9(12)7-3-4-8(10-5-7)6-1-2-6;1-2-7-4-3-6(5-9-7)8(10)11/h3-4,6H,5H2,1-2H3,(H,15,16);2-4,6H,5H2,1H3,(H,14,15);1-4,6H,5H2,(H,13,14);3-6H,1-2H2,(H,11,12);3-5H,2H2,1H3,(H,10,11). The van der Waals surface area contributed by atoms with E-state index in [-0.39, 0.29) is 27.8 Å². The van der Waals surface area contributed by atoms with Crippen LogP contribution in [-0.2, 0) is 6.42 Å². The summed E-state index contributed by atoms with van der Waals surface area (Å²) in [7, 11) is 0. The number of aliphatic imine (C=N–C) groups is 3. The summed E-state index contributed by atoms with van der Waals surface area (Å²) in [6.45, 7) is 9.93. The van der Waals surface area contributed by atoms with E-state index in [1.54, 1.807) is 54.6 Å². The first-order valence-electron chi connectivity index (χ1n) is 21.2. The third kappa shape index (κ3) is 14.4. The SMILES string of the molecule is CC1=NCC(C)=C1c1ccc(C(=O)O)cn1.CC1=NCC=C1c1ccc(C(=O)O)cn1.CCc1ccc(C(=O)O)cn1.O=C(O)c1ccc(C2=NCC=C2)nc1.O=C(O)c1ccc(C2CC2)nc1. The zero-order valence-electron chi connectivity index (χ0n) is 37.6. The molecule has 18 heteroatoms. The summed E-state index contributed by atoms with van der Waals surface area (Å²) in [6, 6.07) is 16.5. The van der Waals surface area contributed by atoms with Gasteiger partial charge in [0.1, 0.15) is 0 Å². The van der Waals surface area contributed by atoms with E-state index in [0.29, 0.717) is 31.2 Å². The Morgan fingerprint density at radius 1 is 0.529 bits per heavy atom. The predicted octanol–water partition coefficient (Wildman–Crippen LogP) is 7.80. The number of hydrogen-bond acceptors (Lipinski definition) is 13. The van der Waals surface area contributed by atoms with Gasteiger partial charge in [-0.25, -0.2) is 24.0 Å². The van der Waals surface area contributed by atoms with Gasteiger partial charge >= 0.3 is 29.8 Å². The molecule has 5 N–H and O–H groups in total. The maximum atomic E-state index is 10.7. The van der Waals surface area contributed by atoms with Crippen molar-refractivity contribution in [1.82, 2.24) is 24.9 Å². The lowest BCUT2D eigenvalue weighted by Gasteiger charge is -2.04. The first kappa shape index (κ1) is 50.3. The number of allylic oxidation sites excluding steroid dienone is 3. The van der Waals surface area contributed by atoms with Crippen molar-refractivity contribution >= 4 is 58.1 Å². The molecule has 8 heterocycles.